The highest BCUT2D eigenvalue weighted by Crippen LogP contribution is 2.27. The molecule has 2 rings (SSSR count). The van der Waals surface area contributed by atoms with E-state index >= 15 is 0 Å². The molecule has 2 N–H and O–H groups in total. The number of rotatable bonds is 9. The highest BCUT2D eigenvalue weighted by Gasteiger charge is 2.35. The van der Waals surface area contributed by atoms with Gasteiger partial charge in [-0.05, 0) is 49.8 Å². The van der Waals surface area contributed by atoms with Gasteiger partial charge in [0.2, 0.25) is 15.9 Å². The van der Waals surface area contributed by atoms with Crippen LogP contribution in [0.5, 0.6) is 0 Å². The van der Waals surface area contributed by atoms with Crippen LogP contribution in [-0.4, -0.2) is 50.9 Å². The van der Waals surface area contributed by atoms with Crippen LogP contribution in [-0.2, 0) is 26.0 Å². The predicted molar refractivity (Wildman–Crippen MR) is 100 cm³/mol. The van der Waals surface area contributed by atoms with Gasteiger partial charge in [-0.1, -0.05) is 6.92 Å². The van der Waals surface area contributed by atoms with Crippen LogP contribution in [0.1, 0.15) is 38.2 Å². The van der Waals surface area contributed by atoms with Gasteiger partial charge >= 0.3 is 0 Å². The zero-order valence-electron chi connectivity index (χ0n) is 15.5. The van der Waals surface area contributed by atoms with E-state index in [-0.39, 0.29) is 24.0 Å². The van der Waals surface area contributed by atoms with Crippen molar-refractivity contribution in [3.63, 3.8) is 0 Å². The van der Waals surface area contributed by atoms with E-state index in [2.05, 4.69) is 15.0 Å². The molecule has 0 radical (unpaired) electrons. The molecule has 1 amide bonds. The molecule has 1 aromatic heterocycles. The summed E-state index contributed by atoms with van der Waals surface area (Å²) in [6, 6.07) is 3.60. The van der Waals surface area contributed by atoms with Crippen LogP contribution in [0.15, 0.2) is 24.5 Å². The Morgan fingerprint density at radius 2 is 2.04 bits per heavy atom. The number of nitrogens with one attached hydrogen (secondary N) is 2. The van der Waals surface area contributed by atoms with Crippen molar-refractivity contribution in [2.24, 2.45) is 5.92 Å². The largest absolute Gasteiger partial charge is 0.377 e. The Bertz CT molecular complexity index is 666. The molecule has 0 saturated heterocycles. The molecule has 26 heavy (non-hydrogen) atoms. The number of carbonyl (C=O) groups is 1. The quantitative estimate of drug-likeness (QED) is 0.669. The van der Waals surface area contributed by atoms with Gasteiger partial charge in [-0.25, -0.2) is 13.1 Å². The number of hydrogen-bond acceptors (Lipinski definition) is 5. The number of amides is 1. The number of pyridine rings is 1. The van der Waals surface area contributed by atoms with Gasteiger partial charge in [0.1, 0.15) is 0 Å². The molecule has 0 spiro atoms. The fraction of sp³-hybridized carbons (Fsp3) is 0.667. The topological polar surface area (TPSA) is 97.4 Å². The average Bonchev–Trinajstić information content (AvgIpc) is 2.60. The molecular formula is C18H29N3O4S. The van der Waals surface area contributed by atoms with E-state index < -0.39 is 10.0 Å². The van der Waals surface area contributed by atoms with E-state index in [0.29, 0.717) is 32.4 Å². The summed E-state index contributed by atoms with van der Waals surface area (Å²) in [5.41, 5.74) is 1.13. The standard InChI is InChI=1S/C18H29N3O4S/c1-3-12-25-17-13-15(4-5-16(17)21-26(2,23)24)18(22)20-11-8-14-6-9-19-10-7-14/h6-7,9-10,15-17,21H,3-5,8,11-13H2,1-2H3,(H,20,22)/t15-,16-,17-/m0/s1. The Morgan fingerprint density at radius 1 is 1.31 bits per heavy atom. The normalized spacial score (nSPS) is 23.5. The summed E-state index contributed by atoms with van der Waals surface area (Å²) >= 11 is 0. The first kappa shape index (κ1) is 20.8. The highest BCUT2D eigenvalue weighted by atomic mass is 32.2. The molecule has 1 saturated carbocycles. The van der Waals surface area contributed by atoms with Crippen molar-refractivity contribution in [1.82, 2.24) is 15.0 Å². The maximum absolute atomic E-state index is 12.5. The van der Waals surface area contributed by atoms with Gasteiger partial charge in [0.15, 0.2) is 0 Å². The molecular weight excluding hydrogens is 354 g/mol. The number of sulfonamides is 1. The third-order valence-corrected chi connectivity index (χ3v) is 5.26. The summed E-state index contributed by atoms with van der Waals surface area (Å²) < 4.78 is 31.6. The maximum atomic E-state index is 12.5. The first-order chi connectivity index (χ1) is 12.4. The summed E-state index contributed by atoms with van der Waals surface area (Å²) in [7, 11) is -3.30. The van der Waals surface area contributed by atoms with Crippen molar-refractivity contribution >= 4 is 15.9 Å². The number of ether oxygens (including phenoxy) is 1. The third-order valence-electron chi connectivity index (χ3n) is 4.53. The summed E-state index contributed by atoms with van der Waals surface area (Å²) in [5, 5.41) is 2.99. The first-order valence-corrected chi connectivity index (χ1v) is 11.0. The second kappa shape index (κ2) is 9.99. The second-order valence-electron chi connectivity index (χ2n) is 6.81. The van der Waals surface area contributed by atoms with Crippen molar-refractivity contribution in [3.05, 3.63) is 30.1 Å². The molecule has 1 aromatic rings. The Balaban J connectivity index is 1.86. The van der Waals surface area contributed by atoms with Crippen molar-refractivity contribution in [3.8, 4) is 0 Å². The molecule has 7 nitrogen and oxygen atoms in total. The van der Waals surface area contributed by atoms with Crippen LogP contribution < -0.4 is 10.0 Å². The van der Waals surface area contributed by atoms with Crippen molar-refractivity contribution in [2.75, 3.05) is 19.4 Å². The lowest BCUT2D eigenvalue weighted by Gasteiger charge is -2.35. The SMILES string of the molecule is CCCO[C@H]1C[C@@H](C(=O)NCCc2ccncc2)CC[C@@H]1NS(C)(=O)=O. The van der Waals surface area contributed by atoms with Gasteiger partial charge in [-0.3, -0.25) is 9.78 Å². The zero-order valence-corrected chi connectivity index (χ0v) is 16.3. The average molecular weight is 384 g/mol. The van der Waals surface area contributed by atoms with Crippen LogP contribution in [0.25, 0.3) is 0 Å². The second-order valence-corrected chi connectivity index (χ2v) is 8.59. The number of carbonyl (C=O) groups excluding carboxylic acids is 1. The summed E-state index contributed by atoms with van der Waals surface area (Å²) in [5.74, 6) is -0.131. The van der Waals surface area contributed by atoms with E-state index in [1.807, 2.05) is 19.1 Å². The van der Waals surface area contributed by atoms with E-state index in [0.717, 1.165) is 24.7 Å². The lowest BCUT2D eigenvalue weighted by molar-refractivity contribution is -0.128. The minimum Gasteiger partial charge on any atom is -0.377 e. The number of aromatic nitrogens is 1. The van der Waals surface area contributed by atoms with E-state index in [1.54, 1.807) is 12.4 Å². The monoisotopic (exact) mass is 383 g/mol. The summed E-state index contributed by atoms with van der Waals surface area (Å²) in [6.07, 6.45) is 7.76. The van der Waals surface area contributed by atoms with Gasteiger partial charge in [0.05, 0.1) is 12.4 Å². The molecule has 1 fully saturated rings. The lowest BCUT2D eigenvalue weighted by Crippen LogP contribution is -2.50. The smallest absolute Gasteiger partial charge is 0.223 e. The molecule has 3 atom stereocenters. The first-order valence-electron chi connectivity index (χ1n) is 9.14. The van der Waals surface area contributed by atoms with Gasteiger partial charge in [0, 0.05) is 37.5 Å². The molecule has 1 aliphatic carbocycles. The van der Waals surface area contributed by atoms with Crippen LogP contribution in [0.4, 0.5) is 0 Å². The molecule has 146 valence electrons. The van der Waals surface area contributed by atoms with Crippen LogP contribution in [0.3, 0.4) is 0 Å². The lowest BCUT2D eigenvalue weighted by atomic mass is 9.83. The predicted octanol–water partition coefficient (Wildman–Crippen LogP) is 1.25. The molecule has 0 aliphatic heterocycles. The van der Waals surface area contributed by atoms with Crippen LogP contribution >= 0.6 is 0 Å². The fourth-order valence-corrected chi connectivity index (χ4v) is 4.07. The van der Waals surface area contributed by atoms with Crippen molar-refractivity contribution < 1.29 is 17.9 Å². The van der Waals surface area contributed by atoms with Crippen molar-refractivity contribution in [2.45, 2.75) is 51.2 Å². The van der Waals surface area contributed by atoms with Gasteiger partial charge in [-0.2, -0.15) is 0 Å². The van der Waals surface area contributed by atoms with Gasteiger partial charge in [0.25, 0.3) is 0 Å². The Kier molecular flexibility index (Phi) is 7.99. The van der Waals surface area contributed by atoms with Crippen LogP contribution in [0, 0.1) is 5.92 Å². The Morgan fingerprint density at radius 3 is 2.69 bits per heavy atom. The molecule has 0 unspecified atom stereocenters. The minimum absolute atomic E-state index is 0.0157. The summed E-state index contributed by atoms with van der Waals surface area (Å²) in [4.78, 5) is 16.5. The molecule has 0 aromatic carbocycles. The van der Waals surface area contributed by atoms with Gasteiger partial charge in [-0.15, -0.1) is 0 Å². The number of nitrogens with zero attached hydrogens (tertiary/aromatic N) is 1. The maximum Gasteiger partial charge on any atom is 0.223 e. The van der Waals surface area contributed by atoms with Crippen molar-refractivity contribution in [1.29, 1.82) is 0 Å². The van der Waals surface area contributed by atoms with E-state index in [9.17, 15) is 13.2 Å². The minimum atomic E-state index is -3.30. The molecule has 1 heterocycles. The highest BCUT2D eigenvalue weighted by molar-refractivity contribution is 7.88. The Hall–Kier alpha value is -1.51. The zero-order chi connectivity index (χ0) is 19.0. The number of hydrogen-bond donors (Lipinski definition) is 2. The third kappa shape index (κ3) is 7.01. The Labute approximate surface area is 156 Å². The molecule has 1 aliphatic rings. The summed E-state index contributed by atoms with van der Waals surface area (Å²) in [6.45, 7) is 3.14. The fourth-order valence-electron chi connectivity index (χ4n) is 3.25. The van der Waals surface area contributed by atoms with Crippen LogP contribution in [0.2, 0.25) is 0 Å². The van der Waals surface area contributed by atoms with E-state index in [4.69, 9.17) is 4.74 Å². The van der Waals surface area contributed by atoms with E-state index in [1.165, 1.54) is 0 Å². The molecule has 0 bridgehead atoms. The molecule has 8 heteroatoms. The van der Waals surface area contributed by atoms with Gasteiger partial charge < -0.3 is 10.1 Å².